The summed E-state index contributed by atoms with van der Waals surface area (Å²) in [5, 5.41) is 3.41. The number of aryl methyl sites for hydroxylation is 1. The van der Waals surface area contributed by atoms with Crippen LogP contribution in [0.15, 0.2) is 42.7 Å². The first-order chi connectivity index (χ1) is 7.90. The number of aromatic nitrogens is 1. The van der Waals surface area contributed by atoms with Crippen molar-refractivity contribution in [1.29, 1.82) is 0 Å². The quantitative estimate of drug-likeness (QED) is 0.810. The monoisotopic (exact) mass is 212 g/mol. The molecule has 0 saturated heterocycles. The van der Waals surface area contributed by atoms with E-state index >= 15 is 0 Å². The van der Waals surface area contributed by atoms with Gasteiger partial charge in [0.05, 0.1) is 0 Å². The second kappa shape index (κ2) is 3.80. The molecule has 0 bridgehead atoms. The summed E-state index contributed by atoms with van der Waals surface area (Å²) in [6.45, 7) is 0. The molecule has 1 atom stereocenters. The Morgan fingerprint density at radius 2 is 2.00 bits per heavy atom. The molecule has 1 aromatic heterocycles. The standard InChI is InChI=1S/C14H16N2/c1-15-12-8-7-11-5-4-6-13(14(11)12)16-9-2-3-10-16/h2-6,9-10,12,15H,7-8H2,1H3. The van der Waals surface area contributed by atoms with Crippen LogP contribution in [-0.4, -0.2) is 11.6 Å². The van der Waals surface area contributed by atoms with Crippen LogP contribution in [0.25, 0.3) is 5.69 Å². The van der Waals surface area contributed by atoms with Crippen molar-refractivity contribution in [3.05, 3.63) is 53.9 Å². The van der Waals surface area contributed by atoms with Crippen molar-refractivity contribution in [2.24, 2.45) is 0 Å². The van der Waals surface area contributed by atoms with Crippen LogP contribution in [0.4, 0.5) is 0 Å². The van der Waals surface area contributed by atoms with Crippen LogP contribution in [0.5, 0.6) is 0 Å². The van der Waals surface area contributed by atoms with Gasteiger partial charge in [-0.25, -0.2) is 0 Å². The maximum absolute atomic E-state index is 3.41. The summed E-state index contributed by atoms with van der Waals surface area (Å²) in [6, 6.07) is 11.3. The Labute approximate surface area is 95.9 Å². The van der Waals surface area contributed by atoms with Crippen LogP contribution in [-0.2, 0) is 6.42 Å². The molecule has 2 heteroatoms. The van der Waals surface area contributed by atoms with Crippen molar-refractivity contribution in [2.45, 2.75) is 18.9 Å². The van der Waals surface area contributed by atoms with E-state index in [1.807, 2.05) is 7.05 Å². The second-order valence-electron chi connectivity index (χ2n) is 4.32. The predicted molar refractivity (Wildman–Crippen MR) is 65.9 cm³/mol. The number of fused-ring (bicyclic) bond motifs is 1. The minimum Gasteiger partial charge on any atom is -0.324 e. The molecule has 82 valence electrons. The summed E-state index contributed by atoms with van der Waals surface area (Å²) >= 11 is 0. The molecule has 0 radical (unpaired) electrons. The molecule has 0 saturated carbocycles. The highest BCUT2D eigenvalue weighted by Crippen LogP contribution is 2.35. The van der Waals surface area contributed by atoms with E-state index in [-0.39, 0.29) is 0 Å². The van der Waals surface area contributed by atoms with Gasteiger partial charge in [0.25, 0.3) is 0 Å². The molecule has 2 nitrogen and oxygen atoms in total. The molecule has 3 rings (SSSR count). The average Bonchev–Trinajstić information content (AvgIpc) is 2.97. The molecule has 1 aliphatic rings. The van der Waals surface area contributed by atoms with Gasteiger partial charge < -0.3 is 9.88 Å². The van der Waals surface area contributed by atoms with Gasteiger partial charge >= 0.3 is 0 Å². The highest BCUT2D eigenvalue weighted by atomic mass is 15.0. The summed E-state index contributed by atoms with van der Waals surface area (Å²) in [5.74, 6) is 0. The summed E-state index contributed by atoms with van der Waals surface area (Å²) in [4.78, 5) is 0. The van der Waals surface area contributed by atoms with Crippen LogP contribution in [0.3, 0.4) is 0 Å². The Morgan fingerprint density at radius 1 is 1.19 bits per heavy atom. The number of hydrogen-bond acceptors (Lipinski definition) is 1. The van der Waals surface area contributed by atoms with E-state index in [0.717, 1.165) is 0 Å². The Kier molecular flexibility index (Phi) is 2.29. The Hall–Kier alpha value is -1.54. The number of benzene rings is 1. The maximum atomic E-state index is 3.41. The van der Waals surface area contributed by atoms with Gasteiger partial charge in [-0.2, -0.15) is 0 Å². The molecular weight excluding hydrogens is 196 g/mol. The number of rotatable bonds is 2. The highest BCUT2D eigenvalue weighted by Gasteiger charge is 2.24. The van der Waals surface area contributed by atoms with Crippen molar-refractivity contribution in [3.63, 3.8) is 0 Å². The van der Waals surface area contributed by atoms with Crippen LogP contribution in [0.2, 0.25) is 0 Å². The summed E-state index contributed by atoms with van der Waals surface area (Å²) < 4.78 is 2.20. The van der Waals surface area contributed by atoms with Crippen LogP contribution >= 0.6 is 0 Å². The predicted octanol–water partition coefficient (Wildman–Crippen LogP) is 2.68. The van der Waals surface area contributed by atoms with E-state index in [4.69, 9.17) is 0 Å². The lowest BCUT2D eigenvalue weighted by Gasteiger charge is -2.16. The molecule has 1 aliphatic carbocycles. The number of hydrogen-bond donors (Lipinski definition) is 1. The average molecular weight is 212 g/mol. The summed E-state index contributed by atoms with van der Waals surface area (Å²) in [5.41, 5.74) is 4.28. The third-order valence-corrected chi connectivity index (χ3v) is 3.46. The van der Waals surface area contributed by atoms with E-state index in [1.54, 1.807) is 0 Å². The van der Waals surface area contributed by atoms with Gasteiger partial charge in [0.1, 0.15) is 0 Å². The lowest BCUT2D eigenvalue weighted by atomic mass is 10.1. The lowest BCUT2D eigenvalue weighted by Crippen LogP contribution is -2.14. The van der Waals surface area contributed by atoms with Gasteiger partial charge in [-0.15, -0.1) is 0 Å². The zero-order valence-electron chi connectivity index (χ0n) is 9.48. The fraction of sp³-hybridized carbons (Fsp3) is 0.286. The largest absolute Gasteiger partial charge is 0.324 e. The summed E-state index contributed by atoms with van der Waals surface area (Å²) in [6.07, 6.45) is 6.63. The van der Waals surface area contributed by atoms with Gasteiger partial charge in [0.15, 0.2) is 0 Å². The van der Waals surface area contributed by atoms with Crippen molar-refractivity contribution >= 4 is 0 Å². The van der Waals surface area contributed by atoms with Crippen LogP contribution in [0, 0.1) is 0 Å². The second-order valence-corrected chi connectivity index (χ2v) is 4.32. The molecule has 1 aromatic carbocycles. The topological polar surface area (TPSA) is 17.0 Å². The van der Waals surface area contributed by atoms with Crippen molar-refractivity contribution < 1.29 is 0 Å². The number of nitrogens with one attached hydrogen (secondary N) is 1. The van der Waals surface area contributed by atoms with E-state index in [2.05, 4.69) is 52.6 Å². The van der Waals surface area contributed by atoms with Crippen molar-refractivity contribution in [1.82, 2.24) is 9.88 Å². The molecule has 1 heterocycles. The van der Waals surface area contributed by atoms with Crippen molar-refractivity contribution in [2.75, 3.05) is 7.05 Å². The molecule has 0 amide bonds. The minimum atomic E-state index is 0.508. The van der Waals surface area contributed by atoms with Gasteiger partial charge in [-0.05, 0) is 49.2 Å². The van der Waals surface area contributed by atoms with E-state index in [1.165, 1.54) is 29.7 Å². The van der Waals surface area contributed by atoms with Gasteiger partial charge in [-0.3, -0.25) is 0 Å². The Morgan fingerprint density at radius 3 is 2.75 bits per heavy atom. The Balaban J connectivity index is 2.17. The van der Waals surface area contributed by atoms with Gasteiger partial charge in [0.2, 0.25) is 0 Å². The van der Waals surface area contributed by atoms with E-state index < -0.39 is 0 Å². The molecule has 2 aromatic rings. The number of nitrogens with zero attached hydrogens (tertiary/aromatic N) is 1. The first-order valence-electron chi connectivity index (χ1n) is 5.82. The molecule has 16 heavy (non-hydrogen) atoms. The molecule has 1 N–H and O–H groups in total. The zero-order valence-corrected chi connectivity index (χ0v) is 9.48. The Bertz CT molecular complexity index is 485. The minimum absolute atomic E-state index is 0.508. The van der Waals surface area contributed by atoms with E-state index in [0.29, 0.717) is 6.04 Å². The maximum Gasteiger partial charge on any atom is 0.0499 e. The SMILES string of the molecule is CNC1CCc2cccc(-n3cccc3)c21. The summed E-state index contributed by atoms with van der Waals surface area (Å²) in [7, 11) is 2.05. The fourth-order valence-electron chi connectivity index (χ4n) is 2.67. The van der Waals surface area contributed by atoms with Gasteiger partial charge in [-0.1, -0.05) is 12.1 Å². The molecule has 0 spiro atoms. The fourth-order valence-corrected chi connectivity index (χ4v) is 2.67. The first-order valence-corrected chi connectivity index (χ1v) is 5.82. The lowest BCUT2D eigenvalue weighted by molar-refractivity contribution is 0.588. The van der Waals surface area contributed by atoms with Crippen LogP contribution in [0.1, 0.15) is 23.6 Å². The smallest absolute Gasteiger partial charge is 0.0499 e. The highest BCUT2D eigenvalue weighted by molar-refractivity contribution is 5.50. The molecular formula is C14H16N2. The third-order valence-electron chi connectivity index (χ3n) is 3.46. The molecule has 1 unspecified atom stereocenters. The van der Waals surface area contributed by atoms with E-state index in [9.17, 15) is 0 Å². The normalized spacial score (nSPS) is 18.7. The zero-order chi connectivity index (χ0) is 11.0. The third kappa shape index (κ3) is 1.38. The molecule has 0 fully saturated rings. The van der Waals surface area contributed by atoms with Crippen LogP contribution < -0.4 is 5.32 Å². The molecule has 0 aliphatic heterocycles. The van der Waals surface area contributed by atoms with Crippen molar-refractivity contribution in [3.8, 4) is 5.69 Å². The first kappa shape index (κ1) is 9.67. The van der Waals surface area contributed by atoms with Gasteiger partial charge in [0, 0.05) is 24.1 Å².